The number of carbonyl (C=O) groups is 4. The highest BCUT2D eigenvalue weighted by atomic mass is 16.5. The maximum atomic E-state index is 12.4. The number of nitrogens with zero attached hydrogens (tertiary/aromatic N) is 1. The van der Waals surface area contributed by atoms with E-state index in [1.165, 1.54) is 25.3 Å². The standard InChI is InChI=1S/C21H18N2O7/c1-29-18(24)11-23-19(25)16(22-21(23)28)10-15-4-2-3-5-17(15)30-12-13-6-8-14(9-7-13)20(26)27/h2-10H,11-12H2,1H3,(H,22,28)(H,26,27). The van der Waals surface area contributed by atoms with Crippen LogP contribution < -0.4 is 10.1 Å². The van der Waals surface area contributed by atoms with Crippen molar-refractivity contribution in [3.63, 3.8) is 0 Å². The van der Waals surface area contributed by atoms with Crippen molar-refractivity contribution in [3.05, 3.63) is 70.9 Å². The van der Waals surface area contributed by atoms with Gasteiger partial charge in [-0.2, -0.15) is 0 Å². The lowest BCUT2D eigenvalue weighted by Crippen LogP contribution is -2.36. The lowest BCUT2D eigenvalue weighted by molar-refractivity contribution is -0.143. The van der Waals surface area contributed by atoms with Gasteiger partial charge in [-0.3, -0.25) is 9.59 Å². The van der Waals surface area contributed by atoms with Gasteiger partial charge in [-0.15, -0.1) is 0 Å². The summed E-state index contributed by atoms with van der Waals surface area (Å²) in [5.74, 6) is -1.91. The number of imide groups is 1. The Labute approximate surface area is 171 Å². The van der Waals surface area contributed by atoms with Crippen molar-refractivity contribution in [2.75, 3.05) is 13.7 Å². The third-order valence-corrected chi connectivity index (χ3v) is 4.29. The van der Waals surface area contributed by atoms with Crippen LogP contribution >= 0.6 is 0 Å². The second-order valence-corrected chi connectivity index (χ2v) is 6.28. The molecule has 1 aliphatic rings. The summed E-state index contributed by atoms with van der Waals surface area (Å²) in [6, 6.07) is 12.5. The topological polar surface area (TPSA) is 122 Å². The summed E-state index contributed by atoms with van der Waals surface area (Å²) >= 11 is 0. The number of hydrogen-bond donors (Lipinski definition) is 2. The minimum atomic E-state index is -1.01. The van der Waals surface area contributed by atoms with E-state index in [2.05, 4.69) is 10.1 Å². The van der Waals surface area contributed by atoms with Gasteiger partial charge in [0.25, 0.3) is 5.91 Å². The van der Waals surface area contributed by atoms with Crippen LogP contribution in [0.4, 0.5) is 4.79 Å². The molecule has 1 heterocycles. The number of aromatic carboxylic acids is 1. The van der Waals surface area contributed by atoms with Crippen molar-refractivity contribution < 1.29 is 33.8 Å². The minimum Gasteiger partial charge on any atom is -0.488 e. The molecule has 0 bridgehead atoms. The monoisotopic (exact) mass is 410 g/mol. The van der Waals surface area contributed by atoms with E-state index >= 15 is 0 Å². The van der Waals surface area contributed by atoms with Crippen molar-refractivity contribution in [2.45, 2.75) is 6.61 Å². The summed E-state index contributed by atoms with van der Waals surface area (Å²) in [6.07, 6.45) is 1.46. The molecule has 0 aromatic heterocycles. The number of amides is 3. The zero-order valence-corrected chi connectivity index (χ0v) is 16.0. The van der Waals surface area contributed by atoms with Crippen LogP contribution in [0.15, 0.2) is 54.2 Å². The quantitative estimate of drug-likeness (QED) is 0.407. The van der Waals surface area contributed by atoms with Crippen molar-refractivity contribution in [2.24, 2.45) is 0 Å². The summed E-state index contributed by atoms with van der Waals surface area (Å²) in [4.78, 5) is 47.5. The van der Waals surface area contributed by atoms with Crippen LogP contribution in [0, 0.1) is 0 Å². The number of benzene rings is 2. The SMILES string of the molecule is COC(=O)CN1C(=O)NC(=Cc2ccccc2OCc2ccc(C(=O)O)cc2)C1=O. The summed E-state index contributed by atoms with van der Waals surface area (Å²) in [7, 11) is 1.17. The Balaban J connectivity index is 1.75. The molecule has 154 valence electrons. The van der Waals surface area contributed by atoms with Crippen LogP contribution in [0.5, 0.6) is 5.75 Å². The number of ether oxygens (including phenoxy) is 2. The van der Waals surface area contributed by atoms with Gasteiger partial charge in [-0.25, -0.2) is 14.5 Å². The van der Waals surface area contributed by atoms with Crippen molar-refractivity contribution in [1.82, 2.24) is 10.2 Å². The molecule has 2 aromatic carbocycles. The first kappa shape index (κ1) is 20.6. The van der Waals surface area contributed by atoms with E-state index in [9.17, 15) is 19.2 Å². The molecule has 0 atom stereocenters. The van der Waals surface area contributed by atoms with Gasteiger partial charge in [-0.1, -0.05) is 30.3 Å². The molecule has 9 heteroatoms. The normalized spacial score (nSPS) is 14.6. The molecule has 1 aliphatic heterocycles. The van der Waals surface area contributed by atoms with E-state index < -0.39 is 30.4 Å². The zero-order chi connectivity index (χ0) is 21.7. The average molecular weight is 410 g/mol. The van der Waals surface area contributed by atoms with E-state index in [-0.39, 0.29) is 17.9 Å². The molecule has 2 N–H and O–H groups in total. The van der Waals surface area contributed by atoms with Crippen molar-refractivity contribution in [3.8, 4) is 5.75 Å². The van der Waals surface area contributed by atoms with Gasteiger partial charge in [0, 0.05) is 5.56 Å². The first-order valence-corrected chi connectivity index (χ1v) is 8.84. The fourth-order valence-corrected chi connectivity index (χ4v) is 2.70. The predicted molar refractivity (Wildman–Crippen MR) is 104 cm³/mol. The lowest BCUT2D eigenvalue weighted by Gasteiger charge is -2.10. The van der Waals surface area contributed by atoms with Crippen LogP contribution in [0.2, 0.25) is 0 Å². The third-order valence-electron chi connectivity index (χ3n) is 4.29. The molecule has 0 spiro atoms. The fraction of sp³-hybridized carbons (Fsp3) is 0.143. The molecule has 0 aliphatic carbocycles. The molecule has 30 heavy (non-hydrogen) atoms. The minimum absolute atomic E-state index is 0.00534. The molecule has 3 amide bonds. The van der Waals surface area contributed by atoms with Crippen LogP contribution in [0.25, 0.3) is 6.08 Å². The van der Waals surface area contributed by atoms with Crippen LogP contribution in [-0.4, -0.2) is 47.5 Å². The number of nitrogens with one attached hydrogen (secondary N) is 1. The van der Waals surface area contributed by atoms with Gasteiger partial charge in [0.2, 0.25) is 0 Å². The Morgan fingerprint density at radius 1 is 1.10 bits per heavy atom. The van der Waals surface area contributed by atoms with Gasteiger partial charge >= 0.3 is 18.0 Å². The van der Waals surface area contributed by atoms with E-state index in [1.807, 2.05) is 0 Å². The maximum Gasteiger partial charge on any atom is 0.335 e. The van der Waals surface area contributed by atoms with Crippen LogP contribution in [0.3, 0.4) is 0 Å². The molecule has 1 fully saturated rings. The summed E-state index contributed by atoms with van der Waals surface area (Å²) in [6.45, 7) is -0.308. The van der Waals surface area contributed by atoms with Crippen LogP contribution in [0.1, 0.15) is 21.5 Å². The van der Waals surface area contributed by atoms with Gasteiger partial charge in [0.05, 0.1) is 12.7 Å². The number of urea groups is 1. The molecule has 0 unspecified atom stereocenters. The van der Waals surface area contributed by atoms with E-state index in [0.717, 1.165) is 10.5 Å². The molecule has 3 rings (SSSR count). The molecule has 0 saturated carbocycles. The molecule has 0 radical (unpaired) electrons. The van der Waals surface area contributed by atoms with Gasteiger partial charge in [0.1, 0.15) is 24.6 Å². The second-order valence-electron chi connectivity index (χ2n) is 6.28. The lowest BCUT2D eigenvalue weighted by atomic mass is 10.1. The Kier molecular flexibility index (Phi) is 6.11. The smallest absolute Gasteiger partial charge is 0.335 e. The fourth-order valence-electron chi connectivity index (χ4n) is 2.70. The maximum absolute atomic E-state index is 12.4. The zero-order valence-electron chi connectivity index (χ0n) is 16.0. The number of para-hydroxylation sites is 1. The Morgan fingerprint density at radius 2 is 1.80 bits per heavy atom. The largest absolute Gasteiger partial charge is 0.488 e. The molecular formula is C21H18N2O7. The summed E-state index contributed by atoms with van der Waals surface area (Å²) in [5, 5.41) is 11.4. The highest BCUT2D eigenvalue weighted by molar-refractivity contribution is 6.15. The molecular weight excluding hydrogens is 392 g/mol. The third kappa shape index (κ3) is 4.64. The molecule has 9 nitrogen and oxygen atoms in total. The number of rotatable bonds is 7. The van der Waals surface area contributed by atoms with Crippen LogP contribution in [-0.2, 0) is 20.9 Å². The summed E-state index contributed by atoms with van der Waals surface area (Å²) < 4.78 is 10.3. The van der Waals surface area contributed by atoms with Gasteiger partial charge in [-0.05, 0) is 29.8 Å². The highest BCUT2D eigenvalue weighted by Crippen LogP contribution is 2.23. The summed E-state index contributed by atoms with van der Waals surface area (Å²) in [5.41, 5.74) is 1.49. The number of carboxylic acids is 1. The molecule has 2 aromatic rings. The highest BCUT2D eigenvalue weighted by Gasteiger charge is 2.35. The number of methoxy groups -OCH3 is 1. The first-order chi connectivity index (χ1) is 14.4. The van der Waals surface area contributed by atoms with Gasteiger partial charge in [0.15, 0.2) is 0 Å². The van der Waals surface area contributed by atoms with E-state index in [4.69, 9.17) is 9.84 Å². The number of hydrogen-bond acceptors (Lipinski definition) is 6. The Morgan fingerprint density at radius 3 is 2.47 bits per heavy atom. The second kappa shape index (κ2) is 8.91. The number of carbonyl (C=O) groups excluding carboxylic acids is 3. The van der Waals surface area contributed by atoms with Crippen molar-refractivity contribution >= 4 is 30.0 Å². The van der Waals surface area contributed by atoms with E-state index in [0.29, 0.717) is 11.3 Å². The predicted octanol–water partition coefficient (Wildman–Crippen LogP) is 2.03. The first-order valence-electron chi connectivity index (χ1n) is 8.84. The number of esters is 1. The Hall–Kier alpha value is -4.14. The van der Waals surface area contributed by atoms with Crippen molar-refractivity contribution in [1.29, 1.82) is 0 Å². The Bertz CT molecular complexity index is 1030. The average Bonchev–Trinajstić information content (AvgIpc) is 3.00. The van der Waals surface area contributed by atoms with Gasteiger partial charge < -0.3 is 19.9 Å². The number of carboxylic acid groups (broad SMARTS) is 1. The van der Waals surface area contributed by atoms with E-state index in [1.54, 1.807) is 36.4 Å². The molecule has 1 saturated heterocycles.